The maximum absolute atomic E-state index is 12.1. The van der Waals surface area contributed by atoms with Crippen molar-refractivity contribution in [3.8, 4) is 17.4 Å². The zero-order valence-corrected chi connectivity index (χ0v) is 15.1. The Morgan fingerprint density at radius 3 is 2.56 bits per heavy atom. The van der Waals surface area contributed by atoms with Gasteiger partial charge in [-0.15, -0.1) is 0 Å². The molecule has 0 saturated carbocycles. The van der Waals surface area contributed by atoms with Crippen molar-refractivity contribution < 1.29 is 22.9 Å². The van der Waals surface area contributed by atoms with Crippen molar-refractivity contribution >= 4 is 15.7 Å². The Morgan fingerprint density at radius 2 is 1.96 bits per heavy atom. The molecule has 27 heavy (non-hydrogen) atoms. The third kappa shape index (κ3) is 4.16. The molecule has 1 aromatic heterocycles. The number of amides is 1. The van der Waals surface area contributed by atoms with Gasteiger partial charge in [0.2, 0.25) is 0 Å². The highest BCUT2D eigenvalue weighted by molar-refractivity contribution is 7.91. The Bertz CT molecular complexity index is 961. The van der Waals surface area contributed by atoms with Crippen LogP contribution in [0.4, 0.5) is 0 Å². The average molecular weight is 390 g/mol. The molecule has 1 amide bonds. The largest absolute Gasteiger partial charge is 0.356 e. The fourth-order valence-corrected chi connectivity index (χ4v) is 4.50. The molecule has 9 nitrogen and oxygen atoms in total. The second-order valence-corrected chi connectivity index (χ2v) is 8.70. The van der Waals surface area contributed by atoms with Crippen molar-refractivity contribution in [2.45, 2.75) is 24.9 Å². The van der Waals surface area contributed by atoms with Crippen LogP contribution in [-0.4, -0.2) is 41.7 Å². The highest BCUT2D eigenvalue weighted by atomic mass is 32.2. The van der Waals surface area contributed by atoms with Gasteiger partial charge in [0.1, 0.15) is 15.4 Å². The number of aromatic nitrogens is 1. The quantitative estimate of drug-likeness (QED) is 0.501. The topological polar surface area (TPSA) is 145 Å². The monoisotopic (exact) mass is 390 g/mol. The summed E-state index contributed by atoms with van der Waals surface area (Å²) >= 11 is 0. The van der Waals surface area contributed by atoms with Crippen molar-refractivity contribution in [1.29, 1.82) is 5.26 Å². The molecule has 1 saturated heterocycles. The first-order chi connectivity index (χ1) is 12.9. The van der Waals surface area contributed by atoms with E-state index in [1.807, 2.05) is 6.07 Å². The van der Waals surface area contributed by atoms with Crippen molar-refractivity contribution in [1.82, 2.24) is 16.0 Å². The van der Waals surface area contributed by atoms with Crippen LogP contribution in [0.3, 0.4) is 0 Å². The zero-order valence-electron chi connectivity index (χ0n) is 14.3. The first-order valence-corrected chi connectivity index (χ1v) is 10.1. The summed E-state index contributed by atoms with van der Waals surface area (Å²) in [5.74, 6) is -0.442. The van der Waals surface area contributed by atoms with Gasteiger partial charge in [0.05, 0.1) is 28.8 Å². The van der Waals surface area contributed by atoms with Gasteiger partial charge in [0.15, 0.2) is 5.76 Å². The minimum Gasteiger partial charge on any atom is -0.356 e. The summed E-state index contributed by atoms with van der Waals surface area (Å²) in [6.07, 6.45) is 0.115. The molecule has 1 fully saturated rings. The second-order valence-electron chi connectivity index (χ2n) is 6.40. The maximum Gasteiger partial charge on any atom is 0.263 e. The number of hydrogen-bond donors (Lipinski definition) is 3. The first-order valence-electron chi connectivity index (χ1n) is 8.24. The summed E-state index contributed by atoms with van der Waals surface area (Å²) in [6, 6.07) is 10.5. The number of benzene rings is 1. The molecule has 0 radical (unpaired) electrons. The van der Waals surface area contributed by atoms with E-state index in [1.54, 1.807) is 35.8 Å². The molecule has 1 aromatic carbocycles. The number of hydroxylamine groups is 1. The molecule has 0 unspecified atom stereocenters. The number of hydrogen-bond acceptors (Lipinski definition) is 8. The van der Waals surface area contributed by atoms with Gasteiger partial charge in [-0.25, -0.2) is 13.9 Å². The summed E-state index contributed by atoms with van der Waals surface area (Å²) < 4.78 is 28.6. The SMILES string of the molecule is N#Cc1ccc(-c2cc(CNC3(C(=O)NO)CCS(=O)(=O)CC3)no2)cc1. The predicted octanol–water partition coefficient (Wildman–Crippen LogP) is 0.756. The number of carbonyl (C=O) groups is 1. The summed E-state index contributed by atoms with van der Waals surface area (Å²) in [7, 11) is -3.17. The van der Waals surface area contributed by atoms with Crippen molar-refractivity contribution in [2.24, 2.45) is 0 Å². The highest BCUT2D eigenvalue weighted by Crippen LogP contribution is 2.26. The number of rotatable bonds is 5. The van der Waals surface area contributed by atoms with Gasteiger partial charge in [-0.2, -0.15) is 5.26 Å². The predicted molar refractivity (Wildman–Crippen MR) is 94.0 cm³/mol. The molecule has 0 aliphatic carbocycles. The van der Waals surface area contributed by atoms with E-state index in [9.17, 15) is 13.2 Å². The first kappa shape index (κ1) is 19.0. The Balaban J connectivity index is 1.72. The van der Waals surface area contributed by atoms with Crippen LogP contribution in [0, 0.1) is 11.3 Å². The van der Waals surface area contributed by atoms with Crippen molar-refractivity contribution in [3.05, 3.63) is 41.6 Å². The third-order valence-electron chi connectivity index (χ3n) is 4.68. The number of nitrogens with one attached hydrogen (secondary N) is 2. The summed E-state index contributed by atoms with van der Waals surface area (Å²) in [5, 5.41) is 24.8. The summed E-state index contributed by atoms with van der Waals surface area (Å²) in [5.41, 5.74) is 2.23. The van der Waals surface area contributed by atoms with Crippen LogP contribution in [-0.2, 0) is 21.2 Å². The Kier molecular flexibility index (Phi) is 5.27. The number of sulfone groups is 1. The molecular weight excluding hydrogens is 372 g/mol. The van der Waals surface area contributed by atoms with Gasteiger partial charge in [-0.05, 0) is 37.1 Å². The highest BCUT2D eigenvalue weighted by Gasteiger charge is 2.43. The standard InChI is InChI=1S/C17H18N4O5S/c18-10-12-1-3-13(4-2-12)15-9-14(21-26-15)11-19-17(16(22)20-23)5-7-27(24,25)8-6-17/h1-4,9,19,23H,5-8,11H2,(H,20,22). The fraction of sp³-hybridized carbons (Fsp3) is 0.353. The lowest BCUT2D eigenvalue weighted by Crippen LogP contribution is -2.59. The minimum atomic E-state index is -3.17. The van der Waals surface area contributed by atoms with E-state index in [2.05, 4.69) is 10.5 Å². The number of carbonyl (C=O) groups excluding carboxylic acids is 1. The lowest BCUT2D eigenvalue weighted by molar-refractivity contribution is -0.136. The molecule has 2 heterocycles. The van der Waals surface area contributed by atoms with Crippen LogP contribution >= 0.6 is 0 Å². The molecular formula is C17H18N4O5S. The van der Waals surface area contributed by atoms with E-state index in [0.29, 0.717) is 17.0 Å². The fourth-order valence-electron chi connectivity index (χ4n) is 2.98. The minimum absolute atomic E-state index is 0.0576. The van der Waals surface area contributed by atoms with Gasteiger partial charge in [0.25, 0.3) is 5.91 Å². The lowest BCUT2D eigenvalue weighted by atomic mass is 9.91. The van der Waals surface area contributed by atoms with Gasteiger partial charge in [0, 0.05) is 18.2 Å². The molecule has 0 atom stereocenters. The molecule has 1 aliphatic heterocycles. The van der Waals surface area contributed by atoms with Crippen LogP contribution in [0.5, 0.6) is 0 Å². The molecule has 3 rings (SSSR count). The van der Waals surface area contributed by atoms with Crippen molar-refractivity contribution in [3.63, 3.8) is 0 Å². The summed E-state index contributed by atoms with van der Waals surface area (Å²) in [4.78, 5) is 12.1. The molecule has 3 N–H and O–H groups in total. The van der Waals surface area contributed by atoms with Gasteiger partial charge in [-0.1, -0.05) is 5.16 Å². The zero-order chi connectivity index (χ0) is 19.5. The molecule has 0 spiro atoms. The van der Waals surface area contributed by atoms with E-state index in [1.165, 1.54) is 0 Å². The van der Waals surface area contributed by atoms with E-state index in [-0.39, 0.29) is 30.9 Å². The molecule has 1 aliphatic rings. The van der Waals surface area contributed by atoms with E-state index in [4.69, 9.17) is 15.0 Å². The third-order valence-corrected chi connectivity index (χ3v) is 6.33. The normalized spacial score (nSPS) is 17.8. The average Bonchev–Trinajstić information content (AvgIpc) is 3.16. The van der Waals surface area contributed by atoms with E-state index < -0.39 is 21.3 Å². The van der Waals surface area contributed by atoms with Crippen LogP contribution < -0.4 is 10.8 Å². The Morgan fingerprint density at radius 1 is 1.30 bits per heavy atom. The van der Waals surface area contributed by atoms with E-state index in [0.717, 1.165) is 5.56 Å². The van der Waals surface area contributed by atoms with Crippen LogP contribution in [0.15, 0.2) is 34.9 Å². The van der Waals surface area contributed by atoms with Gasteiger partial charge >= 0.3 is 0 Å². The molecule has 142 valence electrons. The van der Waals surface area contributed by atoms with Crippen LogP contribution in [0.25, 0.3) is 11.3 Å². The van der Waals surface area contributed by atoms with Gasteiger partial charge < -0.3 is 4.52 Å². The lowest BCUT2D eigenvalue weighted by Gasteiger charge is -2.35. The Hall–Kier alpha value is -2.74. The number of nitriles is 1. The van der Waals surface area contributed by atoms with Crippen molar-refractivity contribution in [2.75, 3.05) is 11.5 Å². The van der Waals surface area contributed by atoms with Crippen LogP contribution in [0.2, 0.25) is 0 Å². The summed E-state index contributed by atoms with van der Waals surface area (Å²) in [6.45, 7) is 0.160. The van der Waals surface area contributed by atoms with Gasteiger partial charge in [-0.3, -0.25) is 15.3 Å². The second kappa shape index (κ2) is 7.48. The maximum atomic E-state index is 12.1. The molecule has 10 heteroatoms. The molecule has 0 bridgehead atoms. The smallest absolute Gasteiger partial charge is 0.263 e. The number of nitrogens with zero attached hydrogens (tertiary/aromatic N) is 2. The molecule has 2 aromatic rings. The van der Waals surface area contributed by atoms with E-state index >= 15 is 0 Å². The Labute approximate surface area is 155 Å². The van der Waals surface area contributed by atoms with Crippen LogP contribution in [0.1, 0.15) is 24.1 Å².